The van der Waals surface area contributed by atoms with Gasteiger partial charge in [0.1, 0.15) is 5.58 Å². The van der Waals surface area contributed by atoms with Gasteiger partial charge >= 0.3 is 0 Å². The third-order valence-electron chi connectivity index (χ3n) is 5.11. The van der Waals surface area contributed by atoms with Crippen molar-refractivity contribution < 1.29 is 9.21 Å². The first kappa shape index (κ1) is 15.6. The number of carbonyl (C=O) groups excluding carboxylic acids is 1. The Morgan fingerprint density at radius 2 is 1.60 bits per heavy atom. The second-order valence-electron chi connectivity index (χ2n) is 6.84. The van der Waals surface area contributed by atoms with Crippen molar-refractivity contribution >= 4 is 16.9 Å². The third-order valence-corrected chi connectivity index (χ3v) is 5.11. The van der Waals surface area contributed by atoms with Crippen LogP contribution in [0.2, 0.25) is 0 Å². The van der Waals surface area contributed by atoms with Gasteiger partial charge in [-0.3, -0.25) is 9.59 Å². The van der Waals surface area contributed by atoms with Crippen LogP contribution in [-0.2, 0) is 0 Å². The Hall–Kier alpha value is -2.88. The zero-order valence-electron chi connectivity index (χ0n) is 14.7. The van der Waals surface area contributed by atoms with Gasteiger partial charge in [0.2, 0.25) is 5.76 Å². The molecule has 4 nitrogen and oxygen atoms in total. The summed E-state index contributed by atoms with van der Waals surface area (Å²) in [4.78, 5) is 27.5. The molecule has 2 heterocycles. The van der Waals surface area contributed by atoms with Gasteiger partial charge in [-0.25, -0.2) is 0 Å². The molecule has 25 heavy (non-hydrogen) atoms. The lowest BCUT2D eigenvalue weighted by Gasteiger charge is -2.20. The van der Waals surface area contributed by atoms with Gasteiger partial charge < -0.3 is 9.32 Å². The number of hydrogen-bond acceptors (Lipinski definition) is 3. The maximum absolute atomic E-state index is 13.2. The Balaban J connectivity index is 2.03. The SMILES string of the molecule is Cc1ccc(C2c3c(oc4cc(C)c(C)cc4c3=O)C(=O)N2C)cc1. The summed E-state index contributed by atoms with van der Waals surface area (Å²) in [6, 6.07) is 11.2. The molecular weight excluding hydrogens is 314 g/mol. The highest BCUT2D eigenvalue weighted by atomic mass is 16.3. The fourth-order valence-corrected chi connectivity index (χ4v) is 3.48. The van der Waals surface area contributed by atoms with Gasteiger partial charge in [0, 0.05) is 7.05 Å². The van der Waals surface area contributed by atoms with E-state index in [1.807, 2.05) is 57.2 Å². The number of nitrogens with zero attached hydrogens (tertiary/aromatic N) is 1. The fourth-order valence-electron chi connectivity index (χ4n) is 3.48. The van der Waals surface area contributed by atoms with Gasteiger partial charge in [0.15, 0.2) is 5.43 Å². The Morgan fingerprint density at radius 1 is 0.960 bits per heavy atom. The number of fused-ring (bicyclic) bond motifs is 2. The molecule has 0 fully saturated rings. The van der Waals surface area contributed by atoms with Crippen LogP contribution in [0.25, 0.3) is 11.0 Å². The molecule has 0 saturated carbocycles. The van der Waals surface area contributed by atoms with E-state index in [9.17, 15) is 9.59 Å². The molecule has 1 atom stereocenters. The van der Waals surface area contributed by atoms with E-state index >= 15 is 0 Å². The summed E-state index contributed by atoms with van der Waals surface area (Å²) in [5.41, 5.74) is 4.89. The third kappa shape index (κ3) is 2.21. The van der Waals surface area contributed by atoms with Crippen molar-refractivity contribution in [1.82, 2.24) is 4.90 Å². The highest BCUT2D eigenvalue weighted by Crippen LogP contribution is 2.37. The molecule has 126 valence electrons. The van der Waals surface area contributed by atoms with Crippen LogP contribution in [0, 0.1) is 20.8 Å². The summed E-state index contributed by atoms with van der Waals surface area (Å²) >= 11 is 0. The summed E-state index contributed by atoms with van der Waals surface area (Å²) < 4.78 is 5.89. The van der Waals surface area contributed by atoms with Gasteiger partial charge in [-0.1, -0.05) is 29.8 Å². The first-order valence-electron chi connectivity index (χ1n) is 8.30. The molecule has 1 unspecified atom stereocenters. The van der Waals surface area contributed by atoms with Gasteiger partial charge in [0.05, 0.1) is 17.0 Å². The van der Waals surface area contributed by atoms with Crippen LogP contribution in [0.3, 0.4) is 0 Å². The van der Waals surface area contributed by atoms with Crippen LogP contribution in [0.5, 0.6) is 0 Å². The first-order valence-corrected chi connectivity index (χ1v) is 8.30. The first-order chi connectivity index (χ1) is 11.9. The van der Waals surface area contributed by atoms with E-state index in [4.69, 9.17) is 4.42 Å². The average Bonchev–Trinajstić information content (AvgIpc) is 2.83. The van der Waals surface area contributed by atoms with Crippen molar-refractivity contribution in [3.05, 3.63) is 80.2 Å². The van der Waals surface area contributed by atoms with Crippen molar-refractivity contribution in [3.63, 3.8) is 0 Å². The van der Waals surface area contributed by atoms with Crippen LogP contribution in [-0.4, -0.2) is 17.9 Å². The molecule has 1 amide bonds. The van der Waals surface area contributed by atoms with E-state index in [1.165, 1.54) is 0 Å². The van der Waals surface area contributed by atoms with Crippen molar-refractivity contribution in [2.24, 2.45) is 0 Å². The lowest BCUT2D eigenvalue weighted by atomic mass is 9.97. The number of hydrogen-bond donors (Lipinski definition) is 0. The molecule has 0 N–H and O–H groups in total. The highest BCUT2D eigenvalue weighted by Gasteiger charge is 2.40. The van der Waals surface area contributed by atoms with E-state index in [2.05, 4.69) is 0 Å². The monoisotopic (exact) mass is 333 g/mol. The zero-order valence-corrected chi connectivity index (χ0v) is 14.7. The maximum Gasteiger partial charge on any atom is 0.290 e. The molecule has 0 radical (unpaired) electrons. The van der Waals surface area contributed by atoms with Crippen LogP contribution in [0.4, 0.5) is 0 Å². The molecule has 1 aliphatic rings. The van der Waals surface area contributed by atoms with Crippen molar-refractivity contribution in [2.75, 3.05) is 7.05 Å². The Kier molecular flexibility index (Phi) is 3.32. The summed E-state index contributed by atoms with van der Waals surface area (Å²) in [6.07, 6.45) is 0. The average molecular weight is 333 g/mol. The van der Waals surface area contributed by atoms with Gasteiger partial charge in [-0.05, 0) is 49.6 Å². The predicted molar refractivity (Wildman–Crippen MR) is 97.1 cm³/mol. The Morgan fingerprint density at radius 3 is 2.28 bits per heavy atom. The van der Waals surface area contributed by atoms with E-state index in [-0.39, 0.29) is 17.1 Å². The van der Waals surface area contributed by atoms with Crippen molar-refractivity contribution in [2.45, 2.75) is 26.8 Å². The van der Waals surface area contributed by atoms with E-state index < -0.39 is 6.04 Å². The number of carbonyl (C=O) groups is 1. The van der Waals surface area contributed by atoms with Crippen LogP contribution < -0.4 is 5.43 Å². The maximum atomic E-state index is 13.2. The quantitative estimate of drug-likeness (QED) is 0.679. The number of benzene rings is 2. The molecule has 0 saturated heterocycles. The summed E-state index contributed by atoms with van der Waals surface area (Å²) in [7, 11) is 1.71. The minimum Gasteiger partial charge on any atom is -0.450 e. The second kappa shape index (κ2) is 5.31. The number of amides is 1. The van der Waals surface area contributed by atoms with Crippen molar-refractivity contribution in [3.8, 4) is 0 Å². The molecule has 0 spiro atoms. The second-order valence-corrected chi connectivity index (χ2v) is 6.84. The van der Waals surface area contributed by atoms with Crippen molar-refractivity contribution in [1.29, 1.82) is 0 Å². The molecule has 2 aromatic carbocycles. The summed E-state index contributed by atoms with van der Waals surface area (Å²) in [5.74, 6) is -0.0911. The molecule has 4 rings (SSSR count). The summed E-state index contributed by atoms with van der Waals surface area (Å²) in [5, 5.41) is 0.530. The standard InChI is InChI=1S/C21H19NO3/c1-11-5-7-14(8-6-11)18-17-19(23)15-9-12(2)13(3)10-16(15)25-20(17)21(24)22(18)4/h5-10,18H,1-4H3. The normalized spacial score (nSPS) is 16.6. The molecule has 3 aromatic rings. The fraction of sp³-hybridized carbons (Fsp3) is 0.238. The topological polar surface area (TPSA) is 50.5 Å². The summed E-state index contributed by atoms with van der Waals surface area (Å²) in [6.45, 7) is 5.94. The zero-order chi connectivity index (χ0) is 17.9. The minimum absolute atomic E-state index is 0.123. The van der Waals surface area contributed by atoms with E-state index in [0.29, 0.717) is 16.5 Å². The van der Waals surface area contributed by atoms with Gasteiger partial charge in [-0.2, -0.15) is 0 Å². The predicted octanol–water partition coefficient (Wildman–Crippen LogP) is 3.89. The smallest absolute Gasteiger partial charge is 0.290 e. The minimum atomic E-state index is -0.412. The van der Waals surface area contributed by atoms with E-state index in [0.717, 1.165) is 22.3 Å². The largest absolute Gasteiger partial charge is 0.450 e. The van der Waals surface area contributed by atoms with Crippen LogP contribution in [0.15, 0.2) is 45.6 Å². The van der Waals surface area contributed by atoms with E-state index in [1.54, 1.807) is 11.9 Å². The van der Waals surface area contributed by atoms with Crippen LogP contribution in [0.1, 0.15) is 44.4 Å². The molecule has 1 aliphatic heterocycles. The molecular formula is C21H19NO3. The van der Waals surface area contributed by atoms with Gasteiger partial charge in [-0.15, -0.1) is 0 Å². The molecule has 0 bridgehead atoms. The molecule has 4 heteroatoms. The Bertz CT molecular complexity index is 1080. The number of rotatable bonds is 1. The lowest BCUT2D eigenvalue weighted by molar-refractivity contribution is 0.0771. The lowest BCUT2D eigenvalue weighted by Crippen LogP contribution is -2.25. The highest BCUT2D eigenvalue weighted by molar-refractivity contribution is 5.99. The number of aryl methyl sites for hydroxylation is 3. The van der Waals surface area contributed by atoms with Crippen LogP contribution >= 0.6 is 0 Å². The van der Waals surface area contributed by atoms with Gasteiger partial charge in [0.25, 0.3) is 5.91 Å². The molecule has 1 aromatic heterocycles. The molecule has 0 aliphatic carbocycles. The Labute approximate surface area is 145 Å².